The number of methoxy groups -OCH3 is 1. The third-order valence-electron chi connectivity index (χ3n) is 5.20. The Labute approximate surface area is 157 Å². The molecule has 0 spiro atoms. The lowest BCUT2D eigenvalue weighted by Crippen LogP contribution is -2.43. The van der Waals surface area contributed by atoms with Gasteiger partial charge in [-0.3, -0.25) is 4.79 Å². The smallest absolute Gasteiger partial charge is 0.253 e. The largest absolute Gasteiger partial charge is 0.496 e. The molecule has 1 heterocycles. The molecule has 1 aromatic heterocycles. The molecule has 2 aromatic carbocycles. The molecule has 0 aliphatic heterocycles. The second kappa shape index (κ2) is 7.27. The van der Waals surface area contributed by atoms with E-state index < -0.39 is 0 Å². The van der Waals surface area contributed by atoms with Crippen LogP contribution in [0.5, 0.6) is 5.75 Å². The number of hydrogen-bond acceptors (Lipinski definition) is 2. The Bertz CT molecular complexity index is 943. The van der Waals surface area contributed by atoms with E-state index in [0.29, 0.717) is 11.5 Å². The summed E-state index contributed by atoms with van der Waals surface area (Å²) < 4.78 is 18.6. The van der Waals surface area contributed by atoms with Crippen LogP contribution in [0.3, 0.4) is 0 Å². The lowest BCUT2D eigenvalue weighted by atomic mass is 9.75. The number of halogens is 1. The highest BCUT2D eigenvalue weighted by atomic mass is 19.1. The first-order chi connectivity index (χ1) is 13.2. The molecule has 0 unspecified atom stereocenters. The number of nitrogens with one attached hydrogen (secondary N) is 2. The molecule has 1 aliphatic rings. The van der Waals surface area contributed by atoms with Crippen LogP contribution in [0.2, 0.25) is 0 Å². The summed E-state index contributed by atoms with van der Waals surface area (Å²) >= 11 is 0. The van der Waals surface area contributed by atoms with Crippen LogP contribution in [0, 0.1) is 5.82 Å². The van der Waals surface area contributed by atoms with Gasteiger partial charge in [0.1, 0.15) is 11.6 Å². The van der Waals surface area contributed by atoms with Gasteiger partial charge in [0.25, 0.3) is 5.91 Å². The Morgan fingerprint density at radius 3 is 2.59 bits per heavy atom. The van der Waals surface area contributed by atoms with E-state index in [1.165, 1.54) is 17.7 Å². The SMILES string of the molecule is COc1ccccc1C1CC(NC(=O)c2c[nH]cc2-c2ccc(F)cc2)C1. The van der Waals surface area contributed by atoms with E-state index in [9.17, 15) is 9.18 Å². The minimum Gasteiger partial charge on any atom is -0.496 e. The first-order valence-corrected chi connectivity index (χ1v) is 9.02. The number of para-hydroxylation sites is 1. The fraction of sp³-hybridized carbons (Fsp3) is 0.227. The lowest BCUT2D eigenvalue weighted by Gasteiger charge is -2.36. The molecule has 1 fully saturated rings. The quantitative estimate of drug-likeness (QED) is 0.700. The van der Waals surface area contributed by atoms with E-state index in [1.807, 2.05) is 18.2 Å². The molecule has 4 rings (SSSR count). The first kappa shape index (κ1) is 17.3. The molecule has 1 saturated carbocycles. The number of hydrogen-bond donors (Lipinski definition) is 2. The van der Waals surface area contributed by atoms with Gasteiger partial charge < -0.3 is 15.0 Å². The van der Waals surface area contributed by atoms with Gasteiger partial charge in [-0.15, -0.1) is 0 Å². The average molecular weight is 364 g/mol. The zero-order valence-corrected chi connectivity index (χ0v) is 15.0. The highest BCUT2D eigenvalue weighted by Gasteiger charge is 2.33. The molecule has 1 amide bonds. The van der Waals surface area contributed by atoms with Crippen molar-refractivity contribution in [3.05, 3.63) is 77.9 Å². The highest BCUT2D eigenvalue weighted by Crippen LogP contribution is 2.41. The monoisotopic (exact) mass is 364 g/mol. The molecule has 0 bridgehead atoms. The third kappa shape index (κ3) is 3.45. The normalized spacial score (nSPS) is 18.6. The van der Waals surface area contributed by atoms with Crippen molar-refractivity contribution in [2.75, 3.05) is 7.11 Å². The number of amides is 1. The molecule has 5 heteroatoms. The Kier molecular flexibility index (Phi) is 4.67. The van der Waals surface area contributed by atoms with E-state index in [0.717, 1.165) is 29.7 Å². The van der Waals surface area contributed by atoms with Crippen molar-refractivity contribution < 1.29 is 13.9 Å². The molecule has 0 radical (unpaired) electrons. The average Bonchev–Trinajstić information content (AvgIpc) is 3.14. The maximum absolute atomic E-state index is 13.1. The standard InChI is InChI=1S/C22H21FN2O2/c1-27-21-5-3-2-4-18(21)15-10-17(11-15)25-22(26)20-13-24-12-19(20)14-6-8-16(23)9-7-14/h2-9,12-13,15,17,24H,10-11H2,1H3,(H,25,26). The molecule has 1 aliphatic carbocycles. The van der Waals surface area contributed by atoms with Crippen molar-refractivity contribution in [1.29, 1.82) is 0 Å². The summed E-state index contributed by atoms with van der Waals surface area (Å²) in [6, 6.07) is 14.3. The number of ether oxygens (including phenoxy) is 1. The van der Waals surface area contributed by atoms with E-state index in [2.05, 4.69) is 16.4 Å². The Morgan fingerprint density at radius 2 is 1.85 bits per heavy atom. The predicted octanol–water partition coefficient (Wildman–Crippen LogP) is 4.51. The van der Waals surface area contributed by atoms with Crippen molar-refractivity contribution >= 4 is 5.91 Å². The zero-order valence-electron chi connectivity index (χ0n) is 15.0. The van der Waals surface area contributed by atoms with E-state index in [-0.39, 0.29) is 17.8 Å². The summed E-state index contributed by atoms with van der Waals surface area (Å²) in [6.45, 7) is 0. The maximum atomic E-state index is 13.1. The Balaban J connectivity index is 1.42. The highest BCUT2D eigenvalue weighted by molar-refractivity contribution is 6.01. The van der Waals surface area contributed by atoms with Crippen LogP contribution in [0.1, 0.15) is 34.7 Å². The third-order valence-corrected chi connectivity index (χ3v) is 5.20. The van der Waals surface area contributed by atoms with E-state index in [4.69, 9.17) is 4.74 Å². The van der Waals surface area contributed by atoms with Crippen molar-refractivity contribution in [2.24, 2.45) is 0 Å². The summed E-state index contributed by atoms with van der Waals surface area (Å²) in [6.07, 6.45) is 5.23. The lowest BCUT2D eigenvalue weighted by molar-refractivity contribution is 0.0909. The molecule has 27 heavy (non-hydrogen) atoms. The van der Waals surface area contributed by atoms with E-state index in [1.54, 1.807) is 31.6 Å². The van der Waals surface area contributed by atoms with Gasteiger partial charge in [0.05, 0.1) is 12.7 Å². The molecular weight excluding hydrogens is 343 g/mol. The summed E-state index contributed by atoms with van der Waals surface area (Å²) in [5.74, 6) is 0.891. The predicted molar refractivity (Wildman–Crippen MR) is 102 cm³/mol. The van der Waals surface area contributed by atoms with Crippen molar-refractivity contribution in [2.45, 2.75) is 24.8 Å². The summed E-state index contributed by atoms with van der Waals surface area (Å²) in [7, 11) is 1.68. The molecule has 0 atom stereocenters. The topological polar surface area (TPSA) is 54.1 Å². The van der Waals surface area contributed by atoms with Gasteiger partial charge >= 0.3 is 0 Å². The number of aromatic amines is 1. The van der Waals surface area contributed by atoms with Crippen LogP contribution >= 0.6 is 0 Å². The van der Waals surface area contributed by atoms with Gasteiger partial charge in [-0.25, -0.2) is 4.39 Å². The first-order valence-electron chi connectivity index (χ1n) is 9.02. The second-order valence-electron chi connectivity index (χ2n) is 6.87. The van der Waals surface area contributed by atoms with Gasteiger partial charge in [-0.2, -0.15) is 0 Å². The van der Waals surface area contributed by atoms with Gasteiger partial charge in [0.2, 0.25) is 0 Å². The summed E-state index contributed by atoms with van der Waals surface area (Å²) in [5.41, 5.74) is 3.35. The number of carbonyl (C=O) groups is 1. The number of aromatic nitrogens is 1. The zero-order chi connectivity index (χ0) is 18.8. The number of carbonyl (C=O) groups excluding carboxylic acids is 1. The Morgan fingerprint density at radius 1 is 1.11 bits per heavy atom. The number of H-pyrrole nitrogens is 1. The van der Waals surface area contributed by atoms with Crippen molar-refractivity contribution in [1.82, 2.24) is 10.3 Å². The van der Waals surface area contributed by atoms with Gasteiger partial charge in [-0.1, -0.05) is 30.3 Å². The Hall–Kier alpha value is -3.08. The minimum absolute atomic E-state index is 0.112. The van der Waals surface area contributed by atoms with Crippen LogP contribution in [0.25, 0.3) is 11.1 Å². The number of rotatable bonds is 5. The molecule has 138 valence electrons. The second-order valence-corrected chi connectivity index (χ2v) is 6.87. The summed E-state index contributed by atoms with van der Waals surface area (Å²) in [5, 5.41) is 3.10. The van der Waals surface area contributed by atoms with Crippen molar-refractivity contribution in [3.63, 3.8) is 0 Å². The molecule has 3 aromatic rings. The van der Waals surface area contributed by atoms with Gasteiger partial charge in [0, 0.05) is 24.0 Å². The molecule has 0 saturated heterocycles. The van der Waals surface area contributed by atoms with Crippen molar-refractivity contribution in [3.8, 4) is 16.9 Å². The minimum atomic E-state index is -0.294. The molecule has 4 nitrogen and oxygen atoms in total. The van der Waals surface area contributed by atoms with Crippen LogP contribution in [0.15, 0.2) is 60.9 Å². The van der Waals surface area contributed by atoms with E-state index >= 15 is 0 Å². The molecular formula is C22H21FN2O2. The van der Waals surface area contributed by atoms with Crippen LogP contribution in [-0.4, -0.2) is 24.0 Å². The molecule has 2 N–H and O–H groups in total. The fourth-order valence-electron chi connectivity index (χ4n) is 3.68. The van der Waals surface area contributed by atoms with Crippen LogP contribution in [-0.2, 0) is 0 Å². The summed E-state index contributed by atoms with van der Waals surface area (Å²) in [4.78, 5) is 15.7. The fourth-order valence-corrected chi connectivity index (χ4v) is 3.68. The van der Waals surface area contributed by atoms with Gasteiger partial charge in [-0.05, 0) is 48.1 Å². The van der Waals surface area contributed by atoms with Crippen LogP contribution in [0.4, 0.5) is 4.39 Å². The maximum Gasteiger partial charge on any atom is 0.253 e. The number of benzene rings is 2. The van der Waals surface area contributed by atoms with Crippen LogP contribution < -0.4 is 10.1 Å². The van der Waals surface area contributed by atoms with Gasteiger partial charge in [0.15, 0.2) is 0 Å².